The highest BCUT2D eigenvalue weighted by Gasteiger charge is 2.25. The third-order valence-electron chi connectivity index (χ3n) is 2.41. The Kier molecular flexibility index (Phi) is 4.15. The van der Waals surface area contributed by atoms with E-state index in [-0.39, 0.29) is 11.0 Å². The second-order valence-electron chi connectivity index (χ2n) is 6.24. The summed E-state index contributed by atoms with van der Waals surface area (Å²) < 4.78 is 10.8. The third-order valence-corrected chi connectivity index (χ3v) is 2.41. The van der Waals surface area contributed by atoms with Gasteiger partial charge in [-0.15, -0.1) is 0 Å². The average Bonchev–Trinajstić information content (AvgIpc) is 1.97. The third kappa shape index (κ3) is 5.50. The maximum atomic E-state index is 5.74. The van der Waals surface area contributed by atoms with Crippen LogP contribution in [0.2, 0.25) is 0 Å². The first-order valence-corrected chi connectivity index (χ1v) is 5.73. The highest BCUT2D eigenvalue weighted by atomic mass is 16.6. The minimum Gasteiger partial charge on any atom is -0.376 e. The molecule has 0 aromatic carbocycles. The minimum atomic E-state index is 0.177. The number of ether oxygens (including phenoxy) is 2. The van der Waals surface area contributed by atoms with E-state index in [2.05, 4.69) is 39.9 Å². The molecule has 1 rings (SSSR count). The van der Waals surface area contributed by atoms with E-state index in [1.54, 1.807) is 0 Å². The summed E-state index contributed by atoms with van der Waals surface area (Å²) in [7, 11) is 0. The van der Waals surface area contributed by atoms with Gasteiger partial charge in [0.05, 0.1) is 19.8 Å². The molecule has 1 heterocycles. The monoisotopic (exact) mass is 215 g/mol. The van der Waals surface area contributed by atoms with Crippen LogP contribution in [-0.2, 0) is 9.47 Å². The SMILES string of the molecule is CC(C)(CNC(C)(C)C)COC1COC1. The normalized spacial score (nSPS) is 19.0. The fourth-order valence-corrected chi connectivity index (χ4v) is 1.21. The van der Waals surface area contributed by atoms with Crippen molar-refractivity contribution in [2.24, 2.45) is 5.41 Å². The van der Waals surface area contributed by atoms with Gasteiger partial charge in [0.15, 0.2) is 0 Å². The first kappa shape index (κ1) is 12.9. The Morgan fingerprint density at radius 3 is 2.20 bits per heavy atom. The van der Waals surface area contributed by atoms with Gasteiger partial charge in [-0.2, -0.15) is 0 Å². The summed E-state index contributed by atoms with van der Waals surface area (Å²) in [5.41, 5.74) is 0.361. The first-order valence-electron chi connectivity index (χ1n) is 5.73. The van der Waals surface area contributed by atoms with Gasteiger partial charge in [0.1, 0.15) is 6.10 Å². The van der Waals surface area contributed by atoms with Crippen molar-refractivity contribution in [3.63, 3.8) is 0 Å². The van der Waals surface area contributed by atoms with E-state index >= 15 is 0 Å². The van der Waals surface area contributed by atoms with Gasteiger partial charge >= 0.3 is 0 Å². The molecule has 0 bridgehead atoms. The van der Waals surface area contributed by atoms with E-state index in [0.717, 1.165) is 26.4 Å². The molecule has 0 unspecified atom stereocenters. The summed E-state index contributed by atoms with van der Waals surface area (Å²) in [6.45, 7) is 14.3. The fourth-order valence-electron chi connectivity index (χ4n) is 1.21. The van der Waals surface area contributed by atoms with Gasteiger partial charge in [0, 0.05) is 17.5 Å². The van der Waals surface area contributed by atoms with Crippen LogP contribution in [0.5, 0.6) is 0 Å². The lowest BCUT2D eigenvalue weighted by Crippen LogP contribution is -2.45. The zero-order valence-corrected chi connectivity index (χ0v) is 10.7. The molecule has 1 fully saturated rings. The van der Waals surface area contributed by atoms with Gasteiger partial charge in [-0.05, 0) is 20.8 Å². The van der Waals surface area contributed by atoms with Crippen molar-refractivity contribution >= 4 is 0 Å². The van der Waals surface area contributed by atoms with Crippen molar-refractivity contribution < 1.29 is 9.47 Å². The van der Waals surface area contributed by atoms with Gasteiger partial charge in [-0.3, -0.25) is 0 Å². The molecule has 0 amide bonds. The second kappa shape index (κ2) is 4.81. The van der Waals surface area contributed by atoms with E-state index in [0.29, 0.717) is 6.10 Å². The van der Waals surface area contributed by atoms with Gasteiger partial charge in [0.25, 0.3) is 0 Å². The smallest absolute Gasteiger partial charge is 0.104 e. The zero-order valence-electron chi connectivity index (χ0n) is 10.7. The molecule has 0 aromatic rings. The Morgan fingerprint density at radius 2 is 1.80 bits per heavy atom. The summed E-state index contributed by atoms with van der Waals surface area (Å²) >= 11 is 0. The van der Waals surface area contributed by atoms with Crippen molar-refractivity contribution in [2.45, 2.75) is 46.3 Å². The Balaban J connectivity index is 2.18. The van der Waals surface area contributed by atoms with Crippen molar-refractivity contribution in [3.8, 4) is 0 Å². The largest absolute Gasteiger partial charge is 0.376 e. The topological polar surface area (TPSA) is 30.5 Å². The molecule has 1 saturated heterocycles. The Morgan fingerprint density at radius 1 is 1.20 bits per heavy atom. The molecule has 1 N–H and O–H groups in total. The molecule has 3 heteroatoms. The van der Waals surface area contributed by atoms with Crippen molar-refractivity contribution in [2.75, 3.05) is 26.4 Å². The van der Waals surface area contributed by atoms with Gasteiger partial charge < -0.3 is 14.8 Å². The lowest BCUT2D eigenvalue weighted by molar-refractivity contribution is -0.143. The molecule has 15 heavy (non-hydrogen) atoms. The Hall–Kier alpha value is -0.120. The van der Waals surface area contributed by atoms with Crippen molar-refractivity contribution in [3.05, 3.63) is 0 Å². The highest BCUT2D eigenvalue weighted by molar-refractivity contribution is 4.78. The molecule has 90 valence electrons. The molecule has 3 nitrogen and oxygen atoms in total. The standard InChI is InChI=1S/C12H25NO2/c1-11(2,3)13-8-12(4,5)9-15-10-6-14-7-10/h10,13H,6-9H2,1-5H3. The van der Waals surface area contributed by atoms with Crippen molar-refractivity contribution in [1.29, 1.82) is 0 Å². The highest BCUT2D eigenvalue weighted by Crippen LogP contribution is 2.18. The second-order valence-corrected chi connectivity index (χ2v) is 6.24. The van der Waals surface area contributed by atoms with Crippen LogP contribution in [0.4, 0.5) is 0 Å². The molecular formula is C12H25NO2. The van der Waals surface area contributed by atoms with E-state index in [9.17, 15) is 0 Å². The van der Waals surface area contributed by atoms with Crippen LogP contribution in [0.25, 0.3) is 0 Å². The first-order chi connectivity index (χ1) is 6.79. The molecule has 0 radical (unpaired) electrons. The minimum absolute atomic E-state index is 0.177. The molecule has 0 atom stereocenters. The predicted molar refractivity (Wildman–Crippen MR) is 62.1 cm³/mol. The maximum absolute atomic E-state index is 5.74. The van der Waals surface area contributed by atoms with Gasteiger partial charge in [-0.25, -0.2) is 0 Å². The predicted octanol–water partition coefficient (Wildman–Crippen LogP) is 1.82. The van der Waals surface area contributed by atoms with Crippen LogP contribution < -0.4 is 5.32 Å². The van der Waals surface area contributed by atoms with Gasteiger partial charge in [0.2, 0.25) is 0 Å². The van der Waals surface area contributed by atoms with Crippen molar-refractivity contribution in [1.82, 2.24) is 5.32 Å². The number of rotatable bonds is 5. The number of hydrogen-bond acceptors (Lipinski definition) is 3. The van der Waals surface area contributed by atoms with Crippen LogP contribution in [0.3, 0.4) is 0 Å². The molecule has 0 saturated carbocycles. The van der Waals surface area contributed by atoms with E-state index in [1.165, 1.54) is 0 Å². The summed E-state index contributed by atoms with van der Waals surface area (Å²) in [6.07, 6.45) is 0.332. The van der Waals surface area contributed by atoms with Crippen LogP contribution in [-0.4, -0.2) is 38.0 Å². The van der Waals surface area contributed by atoms with Crippen LogP contribution in [0.15, 0.2) is 0 Å². The number of nitrogens with one attached hydrogen (secondary N) is 1. The molecule has 0 aromatic heterocycles. The summed E-state index contributed by atoms with van der Waals surface area (Å²) in [6, 6.07) is 0. The Labute approximate surface area is 93.5 Å². The maximum Gasteiger partial charge on any atom is 0.104 e. The molecule has 0 spiro atoms. The quantitative estimate of drug-likeness (QED) is 0.759. The fraction of sp³-hybridized carbons (Fsp3) is 1.00. The number of hydrogen-bond donors (Lipinski definition) is 1. The lowest BCUT2D eigenvalue weighted by atomic mass is 9.93. The van der Waals surface area contributed by atoms with E-state index in [4.69, 9.17) is 9.47 Å². The van der Waals surface area contributed by atoms with Crippen LogP contribution in [0, 0.1) is 5.41 Å². The van der Waals surface area contributed by atoms with Crippen LogP contribution in [0.1, 0.15) is 34.6 Å². The van der Waals surface area contributed by atoms with Gasteiger partial charge in [-0.1, -0.05) is 13.8 Å². The van der Waals surface area contributed by atoms with E-state index in [1.807, 2.05) is 0 Å². The van der Waals surface area contributed by atoms with E-state index < -0.39 is 0 Å². The summed E-state index contributed by atoms with van der Waals surface area (Å²) in [4.78, 5) is 0. The zero-order chi connectivity index (χ0) is 11.5. The molecule has 0 aliphatic carbocycles. The molecule has 1 aliphatic heterocycles. The summed E-state index contributed by atoms with van der Waals surface area (Å²) in [5, 5.41) is 3.51. The Bertz CT molecular complexity index is 192. The lowest BCUT2D eigenvalue weighted by Gasteiger charge is -2.33. The molecule has 1 aliphatic rings. The average molecular weight is 215 g/mol. The summed E-state index contributed by atoms with van der Waals surface area (Å²) in [5.74, 6) is 0. The van der Waals surface area contributed by atoms with Crippen LogP contribution >= 0.6 is 0 Å². The molecular weight excluding hydrogens is 190 g/mol.